The van der Waals surface area contributed by atoms with Gasteiger partial charge >= 0.3 is 6.09 Å². The van der Waals surface area contributed by atoms with E-state index in [1.807, 2.05) is 51.2 Å². The quantitative estimate of drug-likeness (QED) is 0.491. The summed E-state index contributed by atoms with van der Waals surface area (Å²) in [5.74, 6) is 0.0550. The minimum Gasteiger partial charge on any atom is -0.465 e. The molecule has 10 heteroatoms. The number of aliphatic hydroxyl groups is 1. The molecule has 0 saturated carbocycles. The van der Waals surface area contributed by atoms with Crippen molar-refractivity contribution in [3.8, 4) is 0 Å². The van der Waals surface area contributed by atoms with Gasteiger partial charge in [-0.1, -0.05) is 44.2 Å². The fourth-order valence-corrected chi connectivity index (χ4v) is 5.28. The van der Waals surface area contributed by atoms with Gasteiger partial charge in [-0.2, -0.15) is 17.0 Å². The van der Waals surface area contributed by atoms with Crippen LogP contribution in [0.5, 0.6) is 0 Å². The van der Waals surface area contributed by atoms with Gasteiger partial charge in [0.1, 0.15) is 0 Å². The number of hydrogen-bond donors (Lipinski definition) is 3. The largest absolute Gasteiger partial charge is 0.465 e. The molecular formula is C20H34N4O5S. The van der Waals surface area contributed by atoms with Crippen molar-refractivity contribution < 1.29 is 23.4 Å². The Kier molecular flexibility index (Phi) is 9.05. The first-order valence-electron chi connectivity index (χ1n) is 10.2. The van der Waals surface area contributed by atoms with E-state index in [0.29, 0.717) is 26.2 Å². The Morgan fingerprint density at radius 3 is 2.27 bits per heavy atom. The highest BCUT2D eigenvalue weighted by atomic mass is 32.2. The summed E-state index contributed by atoms with van der Waals surface area (Å²) in [5.41, 5.74) is 0.854. The zero-order chi connectivity index (χ0) is 22.3. The van der Waals surface area contributed by atoms with Crippen molar-refractivity contribution >= 4 is 16.3 Å². The van der Waals surface area contributed by atoms with Gasteiger partial charge in [0, 0.05) is 39.3 Å². The number of rotatable bonds is 10. The van der Waals surface area contributed by atoms with E-state index in [9.17, 15) is 23.4 Å². The maximum Gasteiger partial charge on any atom is 0.404 e. The Hall–Kier alpha value is -1.72. The van der Waals surface area contributed by atoms with Gasteiger partial charge in [-0.15, -0.1) is 0 Å². The maximum absolute atomic E-state index is 13.3. The average molecular weight is 443 g/mol. The molecule has 0 bridgehead atoms. The van der Waals surface area contributed by atoms with Crippen molar-refractivity contribution in [2.45, 2.75) is 32.4 Å². The van der Waals surface area contributed by atoms with Gasteiger partial charge in [-0.05, 0) is 24.9 Å². The summed E-state index contributed by atoms with van der Waals surface area (Å²) in [6, 6.07) is 8.38. The third-order valence-corrected chi connectivity index (χ3v) is 7.11. The van der Waals surface area contributed by atoms with Gasteiger partial charge < -0.3 is 20.4 Å². The lowest BCUT2D eigenvalue weighted by Crippen LogP contribution is -2.56. The maximum atomic E-state index is 13.3. The number of nitrogens with one attached hydrogen (secondary N) is 1. The van der Waals surface area contributed by atoms with Crippen LogP contribution in [0.25, 0.3) is 0 Å². The third kappa shape index (κ3) is 7.21. The number of nitrogens with zero attached hydrogens (tertiary/aromatic N) is 3. The van der Waals surface area contributed by atoms with Crippen LogP contribution in [0.3, 0.4) is 0 Å². The molecule has 0 radical (unpaired) electrons. The van der Waals surface area contributed by atoms with Crippen LogP contribution in [0.2, 0.25) is 0 Å². The van der Waals surface area contributed by atoms with Gasteiger partial charge in [0.2, 0.25) is 0 Å². The lowest BCUT2D eigenvalue weighted by atomic mass is 10.0. The molecule has 1 heterocycles. The molecule has 170 valence electrons. The topological polar surface area (TPSA) is 113 Å². The Balaban J connectivity index is 2.18. The first-order chi connectivity index (χ1) is 14.1. The van der Waals surface area contributed by atoms with Crippen LogP contribution in [0, 0.1) is 5.92 Å². The predicted octanol–water partition coefficient (Wildman–Crippen LogP) is 0.676. The average Bonchev–Trinajstić information content (AvgIpc) is 2.67. The summed E-state index contributed by atoms with van der Waals surface area (Å²) in [6.45, 7) is 5.98. The van der Waals surface area contributed by atoms with Crippen LogP contribution in [-0.4, -0.2) is 96.7 Å². The first kappa shape index (κ1) is 24.5. The molecular weight excluding hydrogens is 408 g/mol. The number of likely N-dealkylation sites (N-methyl/N-ethyl adjacent to an activating group) is 1. The Labute approximate surface area is 179 Å². The summed E-state index contributed by atoms with van der Waals surface area (Å²) < 4.78 is 29.2. The Morgan fingerprint density at radius 2 is 1.73 bits per heavy atom. The van der Waals surface area contributed by atoms with Crippen LogP contribution in [0.15, 0.2) is 30.3 Å². The van der Waals surface area contributed by atoms with E-state index in [4.69, 9.17) is 0 Å². The van der Waals surface area contributed by atoms with Crippen molar-refractivity contribution in [1.29, 1.82) is 0 Å². The summed E-state index contributed by atoms with van der Waals surface area (Å²) in [6.07, 6.45) is -2.19. The number of amides is 1. The lowest BCUT2D eigenvalue weighted by Gasteiger charge is -2.37. The number of hydrogen-bond acceptors (Lipinski definition) is 5. The highest BCUT2D eigenvalue weighted by Gasteiger charge is 2.35. The number of piperazine rings is 1. The monoisotopic (exact) mass is 442 g/mol. The molecule has 9 nitrogen and oxygen atoms in total. The number of benzene rings is 1. The molecule has 2 atom stereocenters. The van der Waals surface area contributed by atoms with Crippen LogP contribution < -0.4 is 5.32 Å². The zero-order valence-corrected chi connectivity index (χ0v) is 18.8. The van der Waals surface area contributed by atoms with Gasteiger partial charge in [0.05, 0.1) is 12.1 Å². The highest BCUT2D eigenvalue weighted by molar-refractivity contribution is 7.86. The van der Waals surface area contributed by atoms with E-state index in [2.05, 4.69) is 10.2 Å². The van der Waals surface area contributed by atoms with E-state index in [1.54, 1.807) is 0 Å². The van der Waals surface area contributed by atoms with E-state index in [0.717, 1.165) is 5.56 Å². The second-order valence-electron chi connectivity index (χ2n) is 8.23. The molecule has 1 aliphatic rings. The standard InChI is InChI=1S/C20H34N4O5S/c1-16(2)14-24(30(28,29)23-11-9-22(3)10-12-23)15-19(25)18(21-20(26)27)13-17-7-5-4-6-8-17/h4-8,16,18-19,21,25H,9-15H2,1-3H3,(H,26,27)/t18-,19+/m0/s1. The Bertz CT molecular complexity index is 767. The van der Waals surface area contributed by atoms with Crippen LogP contribution >= 0.6 is 0 Å². The Morgan fingerprint density at radius 1 is 1.13 bits per heavy atom. The van der Waals surface area contributed by atoms with Gasteiger partial charge in [0.15, 0.2) is 0 Å². The molecule has 1 saturated heterocycles. The number of carbonyl (C=O) groups is 1. The summed E-state index contributed by atoms with van der Waals surface area (Å²) in [5, 5.41) is 22.4. The second-order valence-corrected chi connectivity index (χ2v) is 10.2. The van der Waals surface area contributed by atoms with Crippen LogP contribution in [-0.2, 0) is 16.6 Å². The highest BCUT2D eigenvalue weighted by Crippen LogP contribution is 2.16. The van der Waals surface area contributed by atoms with Gasteiger partial charge in [-0.25, -0.2) is 4.79 Å². The molecule has 1 aromatic carbocycles. The van der Waals surface area contributed by atoms with E-state index in [1.165, 1.54) is 8.61 Å². The third-order valence-electron chi connectivity index (χ3n) is 5.15. The molecule has 2 rings (SSSR count). The summed E-state index contributed by atoms with van der Waals surface area (Å²) >= 11 is 0. The molecule has 0 spiro atoms. The predicted molar refractivity (Wildman–Crippen MR) is 116 cm³/mol. The van der Waals surface area contributed by atoms with Crippen molar-refractivity contribution in [2.75, 3.05) is 46.3 Å². The number of carboxylic acid groups (broad SMARTS) is 1. The fourth-order valence-electron chi connectivity index (χ4n) is 3.50. The lowest BCUT2D eigenvalue weighted by molar-refractivity contribution is 0.0949. The molecule has 1 aliphatic heterocycles. The molecule has 0 aliphatic carbocycles. The molecule has 0 unspecified atom stereocenters. The molecule has 0 aromatic heterocycles. The van der Waals surface area contributed by atoms with Gasteiger partial charge in [-0.3, -0.25) is 0 Å². The molecule has 1 aromatic rings. The first-order valence-corrected chi connectivity index (χ1v) is 11.6. The number of aliphatic hydroxyl groups excluding tert-OH is 1. The van der Waals surface area contributed by atoms with Gasteiger partial charge in [0.25, 0.3) is 10.2 Å². The van der Waals surface area contributed by atoms with Crippen molar-refractivity contribution in [3.05, 3.63) is 35.9 Å². The minimum atomic E-state index is -3.77. The van der Waals surface area contributed by atoms with Crippen molar-refractivity contribution in [3.63, 3.8) is 0 Å². The summed E-state index contributed by atoms with van der Waals surface area (Å²) in [7, 11) is -1.82. The second kappa shape index (κ2) is 11.1. The van der Waals surface area contributed by atoms with E-state index in [-0.39, 0.29) is 25.4 Å². The smallest absolute Gasteiger partial charge is 0.404 e. The summed E-state index contributed by atoms with van der Waals surface area (Å²) in [4.78, 5) is 13.3. The normalized spacial score (nSPS) is 18.5. The van der Waals surface area contributed by atoms with E-state index >= 15 is 0 Å². The van der Waals surface area contributed by atoms with E-state index < -0.39 is 28.4 Å². The van der Waals surface area contributed by atoms with Crippen molar-refractivity contribution in [2.24, 2.45) is 5.92 Å². The molecule has 30 heavy (non-hydrogen) atoms. The minimum absolute atomic E-state index is 0.0550. The molecule has 1 amide bonds. The van der Waals surface area contributed by atoms with Crippen molar-refractivity contribution in [1.82, 2.24) is 18.8 Å². The fraction of sp³-hybridized carbons (Fsp3) is 0.650. The van der Waals surface area contributed by atoms with Crippen LogP contribution in [0.4, 0.5) is 4.79 Å². The zero-order valence-electron chi connectivity index (χ0n) is 17.9. The van der Waals surface area contributed by atoms with Crippen LogP contribution in [0.1, 0.15) is 19.4 Å². The SMILES string of the molecule is CC(C)CN(C[C@@H](O)[C@H](Cc1ccccc1)NC(=O)O)S(=O)(=O)N1CCN(C)CC1. The molecule has 3 N–H and O–H groups in total. The molecule has 1 fully saturated rings.